The van der Waals surface area contributed by atoms with E-state index in [9.17, 15) is 4.79 Å². The number of benzene rings is 1. The van der Waals surface area contributed by atoms with Gasteiger partial charge in [-0.1, -0.05) is 0 Å². The van der Waals surface area contributed by atoms with Crippen molar-refractivity contribution in [2.24, 2.45) is 0 Å². The number of nitrogens with zero attached hydrogens (tertiary/aromatic N) is 2. The van der Waals surface area contributed by atoms with Crippen LogP contribution in [0.25, 0.3) is 0 Å². The van der Waals surface area contributed by atoms with E-state index in [-0.39, 0.29) is 5.91 Å². The maximum atomic E-state index is 12.0. The molecule has 0 aliphatic heterocycles. The average Bonchev–Trinajstić information content (AvgIpc) is 2.36. The van der Waals surface area contributed by atoms with Crippen LogP contribution in [0.15, 0.2) is 24.5 Å². The van der Waals surface area contributed by atoms with E-state index in [4.69, 9.17) is 5.73 Å². The van der Waals surface area contributed by atoms with Crippen molar-refractivity contribution >= 4 is 17.3 Å². The number of nitrogens with one attached hydrogen (secondary N) is 1. The molecule has 1 amide bonds. The fourth-order valence-corrected chi connectivity index (χ4v) is 1.67. The summed E-state index contributed by atoms with van der Waals surface area (Å²) >= 11 is 0. The maximum Gasteiger partial charge on any atom is 0.275 e. The summed E-state index contributed by atoms with van der Waals surface area (Å²) in [6.07, 6.45) is 3.03. The maximum absolute atomic E-state index is 12.0. The van der Waals surface area contributed by atoms with Gasteiger partial charge >= 0.3 is 0 Å². The van der Waals surface area contributed by atoms with Crippen LogP contribution in [0, 0.1) is 20.8 Å². The number of aromatic nitrogens is 2. The molecule has 0 fully saturated rings. The van der Waals surface area contributed by atoms with Crippen LogP contribution < -0.4 is 11.1 Å². The third-order valence-electron chi connectivity index (χ3n) is 2.87. The molecular formula is C14H16N4O. The van der Waals surface area contributed by atoms with Gasteiger partial charge in [0.1, 0.15) is 5.69 Å². The molecule has 5 heteroatoms. The molecule has 19 heavy (non-hydrogen) atoms. The summed E-state index contributed by atoms with van der Waals surface area (Å²) < 4.78 is 0. The second-order valence-electron chi connectivity index (χ2n) is 4.52. The van der Waals surface area contributed by atoms with E-state index in [0.717, 1.165) is 22.5 Å². The largest absolute Gasteiger partial charge is 0.399 e. The van der Waals surface area contributed by atoms with Gasteiger partial charge in [0, 0.05) is 17.6 Å². The average molecular weight is 256 g/mol. The van der Waals surface area contributed by atoms with Crippen LogP contribution in [0.4, 0.5) is 11.4 Å². The molecule has 0 aliphatic carbocycles. The Labute approximate surface area is 111 Å². The predicted molar refractivity (Wildman–Crippen MR) is 75.1 cm³/mol. The molecule has 0 bridgehead atoms. The van der Waals surface area contributed by atoms with Crippen LogP contribution in [-0.2, 0) is 0 Å². The predicted octanol–water partition coefficient (Wildman–Crippen LogP) is 2.24. The number of nitrogens with two attached hydrogens (primary N) is 1. The summed E-state index contributed by atoms with van der Waals surface area (Å²) in [5.74, 6) is -0.278. The summed E-state index contributed by atoms with van der Waals surface area (Å²) in [7, 11) is 0. The van der Waals surface area contributed by atoms with Crippen molar-refractivity contribution in [3.05, 3.63) is 47.0 Å². The highest BCUT2D eigenvalue weighted by molar-refractivity contribution is 6.03. The van der Waals surface area contributed by atoms with Gasteiger partial charge in [0.25, 0.3) is 5.91 Å². The molecular weight excluding hydrogens is 240 g/mol. The minimum absolute atomic E-state index is 0.278. The van der Waals surface area contributed by atoms with Crippen molar-refractivity contribution < 1.29 is 4.79 Å². The van der Waals surface area contributed by atoms with E-state index in [1.54, 1.807) is 6.20 Å². The van der Waals surface area contributed by atoms with Gasteiger partial charge in [-0.15, -0.1) is 0 Å². The molecule has 2 aromatic rings. The molecule has 98 valence electrons. The van der Waals surface area contributed by atoms with E-state index in [0.29, 0.717) is 11.4 Å². The van der Waals surface area contributed by atoms with Crippen LogP contribution in [0.3, 0.4) is 0 Å². The quantitative estimate of drug-likeness (QED) is 0.807. The zero-order chi connectivity index (χ0) is 14.0. The number of carbonyl (C=O) groups is 1. The summed E-state index contributed by atoms with van der Waals surface area (Å²) in [4.78, 5) is 20.1. The second kappa shape index (κ2) is 5.06. The van der Waals surface area contributed by atoms with Crippen LogP contribution >= 0.6 is 0 Å². The molecule has 2 rings (SSSR count). The zero-order valence-electron chi connectivity index (χ0n) is 11.2. The van der Waals surface area contributed by atoms with Crippen molar-refractivity contribution in [1.29, 1.82) is 0 Å². The van der Waals surface area contributed by atoms with E-state index < -0.39 is 0 Å². The third-order valence-corrected chi connectivity index (χ3v) is 2.87. The van der Waals surface area contributed by atoms with E-state index in [2.05, 4.69) is 15.3 Å². The molecule has 0 radical (unpaired) electrons. The van der Waals surface area contributed by atoms with Gasteiger partial charge in [0.2, 0.25) is 0 Å². The number of amides is 1. The molecule has 0 saturated heterocycles. The van der Waals surface area contributed by atoms with Gasteiger partial charge in [0.05, 0.1) is 11.9 Å². The van der Waals surface area contributed by atoms with Crippen LogP contribution in [0.5, 0.6) is 0 Å². The monoisotopic (exact) mass is 256 g/mol. The van der Waals surface area contributed by atoms with E-state index >= 15 is 0 Å². The van der Waals surface area contributed by atoms with Gasteiger partial charge in [0.15, 0.2) is 0 Å². The minimum atomic E-state index is -0.278. The highest BCUT2D eigenvalue weighted by atomic mass is 16.1. The van der Waals surface area contributed by atoms with E-state index in [1.807, 2.05) is 32.9 Å². The Kier molecular flexibility index (Phi) is 3.46. The lowest BCUT2D eigenvalue weighted by molar-refractivity contribution is 0.102. The molecule has 0 saturated carbocycles. The number of hydrogen-bond acceptors (Lipinski definition) is 4. The third kappa shape index (κ3) is 2.88. The Morgan fingerprint density at radius 2 is 1.84 bits per heavy atom. The first-order valence-corrected chi connectivity index (χ1v) is 5.94. The number of nitrogen functional groups attached to an aromatic ring is 1. The van der Waals surface area contributed by atoms with Crippen LogP contribution in [0.2, 0.25) is 0 Å². The van der Waals surface area contributed by atoms with Crippen molar-refractivity contribution in [2.75, 3.05) is 11.1 Å². The SMILES string of the molecule is Cc1cnc(C(=O)Nc2cc(C)c(N)cc2C)cn1. The Hall–Kier alpha value is -2.43. The molecule has 1 aromatic heterocycles. The molecule has 0 spiro atoms. The second-order valence-corrected chi connectivity index (χ2v) is 4.52. The molecule has 5 nitrogen and oxygen atoms in total. The Morgan fingerprint density at radius 3 is 2.47 bits per heavy atom. The molecule has 1 aromatic carbocycles. The van der Waals surface area contributed by atoms with Gasteiger partial charge in [-0.2, -0.15) is 0 Å². The van der Waals surface area contributed by atoms with Crippen molar-refractivity contribution in [3.63, 3.8) is 0 Å². The standard InChI is InChI=1S/C14H16N4O/c1-8-5-12(9(2)4-11(8)15)18-14(19)13-7-16-10(3)6-17-13/h4-7H,15H2,1-3H3,(H,18,19). The summed E-state index contributed by atoms with van der Waals surface area (Å²) in [6, 6.07) is 3.69. The molecule has 0 unspecified atom stereocenters. The first-order chi connectivity index (χ1) is 8.97. The highest BCUT2D eigenvalue weighted by Crippen LogP contribution is 2.22. The smallest absolute Gasteiger partial charge is 0.275 e. The number of carbonyl (C=O) groups excluding carboxylic acids is 1. The molecule has 0 atom stereocenters. The topological polar surface area (TPSA) is 80.9 Å². The van der Waals surface area contributed by atoms with Crippen molar-refractivity contribution in [1.82, 2.24) is 9.97 Å². The molecule has 1 heterocycles. The number of anilines is 2. The first-order valence-electron chi connectivity index (χ1n) is 5.94. The lowest BCUT2D eigenvalue weighted by atomic mass is 10.1. The first kappa shape index (κ1) is 13.0. The Balaban J connectivity index is 2.24. The lowest BCUT2D eigenvalue weighted by Crippen LogP contribution is -2.15. The lowest BCUT2D eigenvalue weighted by Gasteiger charge is -2.10. The van der Waals surface area contributed by atoms with Crippen molar-refractivity contribution in [2.45, 2.75) is 20.8 Å². The molecule has 0 aliphatic rings. The summed E-state index contributed by atoms with van der Waals surface area (Å²) in [5.41, 5.74) is 10.2. The van der Waals surface area contributed by atoms with E-state index in [1.165, 1.54) is 6.20 Å². The fourth-order valence-electron chi connectivity index (χ4n) is 1.67. The Bertz CT molecular complexity index is 620. The zero-order valence-corrected chi connectivity index (χ0v) is 11.2. The Morgan fingerprint density at radius 1 is 1.11 bits per heavy atom. The van der Waals surface area contributed by atoms with Gasteiger partial charge in [-0.3, -0.25) is 9.78 Å². The van der Waals surface area contributed by atoms with Crippen LogP contribution in [-0.4, -0.2) is 15.9 Å². The summed E-state index contributed by atoms with van der Waals surface area (Å²) in [6.45, 7) is 5.62. The van der Waals surface area contributed by atoms with Gasteiger partial charge in [-0.05, 0) is 44.0 Å². The summed E-state index contributed by atoms with van der Waals surface area (Å²) in [5, 5.41) is 2.82. The number of hydrogen-bond donors (Lipinski definition) is 2. The number of rotatable bonds is 2. The number of aryl methyl sites for hydroxylation is 3. The van der Waals surface area contributed by atoms with Gasteiger partial charge in [-0.25, -0.2) is 4.98 Å². The minimum Gasteiger partial charge on any atom is -0.399 e. The van der Waals surface area contributed by atoms with Crippen LogP contribution in [0.1, 0.15) is 27.3 Å². The van der Waals surface area contributed by atoms with Gasteiger partial charge < -0.3 is 11.1 Å². The van der Waals surface area contributed by atoms with Crippen molar-refractivity contribution in [3.8, 4) is 0 Å². The highest BCUT2D eigenvalue weighted by Gasteiger charge is 2.10. The molecule has 3 N–H and O–H groups in total. The normalized spacial score (nSPS) is 10.3. The fraction of sp³-hybridized carbons (Fsp3) is 0.214.